The summed E-state index contributed by atoms with van der Waals surface area (Å²) >= 11 is 0. The number of nitrogens with zero attached hydrogens (tertiary/aromatic N) is 1. The maximum atomic E-state index is 13.9. The Morgan fingerprint density at radius 3 is 2.65 bits per heavy atom. The van der Waals surface area contributed by atoms with Crippen molar-refractivity contribution in [1.29, 1.82) is 0 Å². The number of alkyl halides is 1. The smallest absolute Gasteiger partial charge is 0.240 e. The molecule has 1 saturated heterocycles. The molecule has 0 radical (unpaired) electrons. The molecule has 0 saturated carbocycles. The summed E-state index contributed by atoms with van der Waals surface area (Å²) in [5.41, 5.74) is 1.18. The summed E-state index contributed by atoms with van der Waals surface area (Å²) in [7, 11) is 0. The van der Waals surface area contributed by atoms with E-state index < -0.39 is 24.4 Å². The van der Waals surface area contributed by atoms with Gasteiger partial charge in [0.25, 0.3) is 0 Å². The van der Waals surface area contributed by atoms with Crippen molar-refractivity contribution in [2.45, 2.75) is 44.2 Å². The van der Waals surface area contributed by atoms with Crippen LogP contribution in [0.5, 0.6) is 0 Å². The molecule has 0 aromatic heterocycles. The third-order valence-corrected chi connectivity index (χ3v) is 4.22. The van der Waals surface area contributed by atoms with E-state index >= 15 is 0 Å². The first-order valence-electron chi connectivity index (χ1n) is 8.10. The molecule has 128 valence electrons. The van der Waals surface area contributed by atoms with Crippen molar-refractivity contribution in [2.75, 3.05) is 19.6 Å². The van der Waals surface area contributed by atoms with Crippen LogP contribution in [0.1, 0.15) is 18.9 Å². The number of likely N-dealkylation sites (tertiary alicyclic amines) is 1. The van der Waals surface area contributed by atoms with E-state index in [1.165, 1.54) is 5.56 Å². The number of aliphatic hydroxyl groups excluding tert-OH is 2. The first kappa shape index (κ1) is 17.8. The second kappa shape index (κ2) is 8.38. The highest BCUT2D eigenvalue weighted by Gasteiger charge is 2.45. The normalized spacial score (nSPS) is 28.5. The number of hydrogen-bond acceptors (Lipinski definition) is 4. The van der Waals surface area contributed by atoms with Crippen LogP contribution in [0, 0.1) is 0 Å². The standard InChI is InChI=1S/C17H25FN2O3/c1-2-19-17(23)14-16(22)15(21)13(18)11-20(14)10-6-9-12-7-4-3-5-8-12/h3-5,7-8,13-16,21-22H,2,6,9-11H2,1H3,(H,19,23). The lowest BCUT2D eigenvalue weighted by atomic mass is 9.93. The third-order valence-electron chi connectivity index (χ3n) is 4.22. The Morgan fingerprint density at radius 2 is 2.00 bits per heavy atom. The Bertz CT molecular complexity index is 500. The van der Waals surface area contributed by atoms with Gasteiger partial charge in [-0.1, -0.05) is 30.3 Å². The van der Waals surface area contributed by atoms with Crippen LogP contribution < -0.4 is 5.32 Å². The van der Waals surface area contributed by atoms with Crippen LogP contribution in [0.3, 0.4) is 0 Å². The molecule has 3 N–H and O–H groups in total. The summed E-state index contributed by atoms with van der Waals surface area (Å²) < 4.78 is 13.9. The van der Waals surface area contributed by atoms with Crippen molar-refractivity contribution in [3.63, 3.8) is 0 Å². The number of rotatable bonds is 6. The molecule has 23 heavy (non-hydrogen) atoms. The summed E-state index contributed by atoms with van der Waals surface area (Å²) in [4.78, 5) is 13.8. The summed E-state index contributed by atoms with van der Waals surface area (Å²) in [6, 6.07) is 9.01. The second-order valence-electron chi connectivity index (χ2n) is 5.92. The molecule has 1 aliphatic heterocycles. The van der Waals surface area contributed by atoms with E-state index in [0.717, 1.165) is 12.8 Å². The van der Waals surface area contributed by atoms with Crippen LogP contribution >= 0.6 is 0 Å². The van der Waals surface area contributed by atoms with Gasteiger partial charge in [0, 0.05) is 13.1 Å². The summed E-state index contributed by atoms with van der Waals surface area (Å²) in [6.07, 6.45) is -2.92. The minimum Gasteiger partial charge on any atom is -0.388 e. The van der Waals surface area contributed by atoms with Crippen molar-refractivity contribution in [3.8, 4) is 0 Å². The number of halogens is 1. The minimum absolute atomic E-state index is 0.0468. The summed E-state index contributed by atoms with van der Waals surface area (Å²) in [5, 5.41) is 22.5. The number of carbonyl (C=O) groups is 1. The minimum atomic E-state index is -1.55. The number of benzene rings is 1. The van der Waals surface area contributed by atoms with Gasteiger partial charge in [-0.25, -0.2) is 4.39 Å². The zero-order valence-corrected chi connectivity index (χ0v) is 13.4. The second-order valence-corrected chi connectivity index (χ2v) is 5.92. The molecule has 6 heteroatoms. The fraction of sp³-hybridized carbons (Fsp3) is 0.588. The lowest BCUT2D eigenvalue weighted by Gasteiger charge is -2.42. The number of aliphatic hydroxyl groups is 2. The number of likely N-dealkylation sites (N-methyl/N-ethyl adjacent to an activating group) is 1. The fourth-order valence-electron chi connectivity index (χ4n) is 3.02. The average molecular weight is 324 g/mol. The Labute approximate surface area is 136 Å². The van der Waals surface area contributed by atoms with E-state index in [1.54, 1.807) is 11.8 Å². The highest BCUT2D eigenvalue weighted by atomic mass is 19.1. The Hall–Kier alpha value is -1.50. The van der Waals surface area contributed by atoms with Gasteiger partial charge in [0.1, 0.15) is 24.4 Å². The van der Waals surface area contributed by atoms with Gasteiger partial charge < -0.3 is 15.5 Å². The average Bonchev–Trinajstić information content (AvgIpc) is 2.54. The van der Waals surface area contributed by atoms with E-state index in [4.69, 9.17) is 0 Å². The van der Waals surface area contributed by atoms with Crippen molar-refractivity contribution in [3.05, 3.63) is 35.9 Å². The zero-order valence-electron chi connectivity index (χ0n) is 13.4. The highest BCUT2D eigenvalue weighted by molar-refractivity contribution is 5.82. The van der Waals surface area contributed by atoms with E-state index in [1.807, 2.05) is 30.3 Å². The van der Waals surface area contributed by atoms with E-state index in [0.29, 0.717) is 13.1 Å². The Kier molecular flexibility index (Phi) is 6.50. The third kappa shape index (κ3) is 4.50. The van der Waals surface area contributed by atoms with Crippen molar-refractivity contribution in [2.24, 2.45) is 0 Å². The molecule has 2 rings (SSSR count). The van der Waals surface area contributed by atoms with E-state index in [9.17, 15) is 19.4 Å². The molecule has 4 atom stereocenters. The number of aryl methyl sites for hydroxylation is 1. The number of amides is 1. The van der Waals surface area contributed by atoms with Gasteiger partial charge in [-0.2, -0.15) is 0 Å². The molecule has 1 aliphatic rings. The molecule has 5 nitrogen and oxygen atoms in total. The molecular weight excluding hydrogens is 299 g/mol. The fourth-order valence-corrected chi connectivity index (χ4v) is 3.02. The monoisotopic (exact) mass is 324 g/mol. The van der Waals surface area contributed by atoms with Gasteiger partial charge in [0.05, 0.1) is 0 Å². The number of carbonyl (C=O) groups excluding carboxylic acids is 1. The van der Waals surface area contributed by atoms with Gasteiger partial charge in [-0.15, -0.1) is 0 Å². The molecule has 0 spiro atoms. The summed E-state index contributed by atoms with van der Waals surface area (Å²) in [5.74, 6) is -0.370. The number of nitrogens with one attached hydrogen (secondary N) is 1. The molecule has 0 aliphatic carbocycles. The van der Waals surface area contributed by atoms with Gasteiger partial charge in [0.15, 0.2) is 0 Å². The van der Waals surface area contributed by atoms with Gasteiger partial charge in [-0.3, -0.25) is 9.69 Å². The predicted molar refractivity (Wildman–Crippen MR) is 85.7 cm³/mol. The molecule has 1 aromatic carbocycles. The maximum Gasteiger partial charge on any atom is 0.240 e. The first-order chi connectivity index (χ1) is 11.0. The van der Waals surface area contributed by atoms with Gasteiger partial charge >= 0.3 is 0 Å². The van der Waals surface area contributed by atoms with Crippen LogP contribution in [0.15, 0.2) is 30.3 Å². The van der Waals surface area contributed by atoms with Crippen molar-refractivity contribution < 1.29 is 19.4 Å². The predicted octanol–water partition coefficient (Wildman–Crippen LogP) is 0.499. The van der Waals surface area contributed by atoms with Crippen molar-refractivity contribution >= 4 is 5.91 Å². The van der Waals surface area contributed by atoms with Crippen LogP contribution in [-0.4, -0.2) is 65.1 Å². The van der Waals surface area contributed by atoms with Crippen LogP contribution in [-0.2, 0) is 11.2 Å². The number of piperidine rings is 1. The summed E-state index contributed by atoms with van der Waals surface area (Å²) in [6.45, 7) is 2.64. The SMILES string of the molecule is CCNC(=O)C1C(O)C(O)C(F)CN1CCCc1ccccc1. The largest absolute Gasteiger partial charge is 0.388 e. The molecule has 1 amide bonds. The zero-order chi connectivity index (χ0) is 16.8. The van der Waals surface area contributed by atoms with Crippen LogP contribution in [0.2, 0.25) is 0 Å². The lowest BCUT2D eigenvalue weighted by molar-refractivity contribution is -0.149. The Balaban J connectivity index is 1.99. The molecule has 1 heterocycles. The molecule has 1 fully saturated rings. The molecule has 1 aromatic rings. The Morgan fingerprint density at radius 1 is 1.30 bits per heavy atom. The quantitative estimate of drug-likeness (QED) is 0.712. The van der Waals surface area contributed by atoms with E-state index in [-0.39, 0.29) is 12.5 Å². The van der Waals surface area contributed by atoms with Crippen LogP contribution in [0.25, 0.3) is 0 Å². The first-order valence-corrected chi connectivity index (χ1v) is 8.10. The highest BCUT2D eigenvalue weighted by Crippen LogP contribution is 2.22. The molecule has 4 unspecified atom stereocenters. The lowest BCUT2D eigenvalue weighted by Crippen LogP contribution is -2.64. The maximum absolute atomic E-state index is 13.9. The molecular formula is C17H25FN2O3. The van der Waals surface area contributed by atoms with Crippen LogP contribution in [0.4, 0.5) is 4.39 Å². The van der Waals surface area contributed by atoms with E-state index in [2.05, 4.69) is 5.32 Å². The van der Waals surface area contributed by atoms with Gasteiger partial charge in [-0.05, 0) is 31.9 Å². The van der Waals surface area contributed by atoms with Crippen molar-refractivity contribution in [1.82, 2.24) is 10.2 Å². The topological polar surface area (TPSA) is 72.8 Å². The number of hydrogen-bond donors (Lipinski definition) is 3. The molecule has 0 bridgehead atoms. The van der Waals surface area contributed by atoms with Gasteiger partial charge in [0.2, 0.25) is 5.91 Å².